The molecule has 0 aromatic carbocycles. The van der Waals surface area contributed by atoms with E-state index in [1.807, 2.05) is 24.1 Å². The fourth-order valence-corrected chi connectivity index (χ4v) is 2.93. The topological polar surface area (TPSA) is 42.4 Å². The lowest BCUT2D eigenvalue weighted by atomic mass is 10.2. The summed E-state index contributed by atoms with van der Waals surface area (Å²) in [7, 11) is 0. The normalized spacial score (nSPS) is 24.9. The number of hydrogen-bond donors (Lipinski definition) is 1. The van der Waals surface area contributed by atoms with Crippen LogP contribution in [0.4, 0.5) is 0 Å². The molecule has 0 saturated carbocycles. The maximum atomic E-state index is 9.96. The van der Waals surface area contributed by atoms with Crippen LogP contribution in [0.1, 0.15) is 16.8 Å². The van der Waals surface area contributed by atoms with Crippen molar-refractivity contribution >= 4 is 23.1 Å². The molecule has 1 fully saturated rings. The molecule has 1 N–H and O–H groups in total. The first kappa shape index (κ1) is 10.4. The van der Waals surface area contributed by atoms with Crippen LogP contribution in [0.15, 0.2) is 5.38 Å². The fraction of sp³-hybridized carbons (Fsp3) is 0.667. The molecule has 14 heavy (non-hydrogen) atoms. The maximum absolute atomic E-state index is 9.96. The smallest absolute Gasteiger partial charge is 0.124 e. The lowest BCUT2D eigenvalue weighted by Gasteiger charge is -2.25. The summed E-state index contributed by atoms with van der Waals surface area (Å²) >= 11 is 3.39. The molecule has 0 radical (unpaired) electrons. The highest BCUT2D eigenvalue weighted by molar-refractivity contribution is 7.99. The second-order valence-electron chi connectivity index (χ2n) is 3.22. The van der Waals surface area contributed by atoms with E-state index in [1.165, 1.54) is 0 Å². The Kier molecular flexibility index (Phi) is 3.43. The van der Waals surface area contributed by atoms with Gasteiger partial charge < -0.3 is 9.84 Å². The van der Waals surface area contributed by atoms with Crippen LogP contribution in [-0.2, 0) is 4.74 Å². The van der Waals surface area contributed by atoms with E-state index in [9.17, 15) is 5.11 Å². The predicted octanol–water partition coefficient (Wildman–Crippen LogP) is 1.62. The zero-order chi connectivity index (χ0) is 9.97. The molecule has 1 aliphatic heterocycles. The highest BCUT2D eigenvalue weighted by Crippen LogP contribution is 2.26. The standard InChI is InChI=1S/C9H13NO2S2/c1-6-10-7(4-14-6)9(11)8-5-13-3-2-12-8/h4,8-9,11H,2-3,5H2,1H3. The van der Waals surface area contributed by atoms with Crippen LogP contribution in [0.3, 0.4) is 0 Å². The number of rotatable bonds is 2. The van der Waals surface area contributed by atoms with Crippen molar-refractivity contribution in [2.75, 3.05) is 18.1 Å². The summed E-state index contributed by atoms with van der Waals surface area (Å²) in [5.74, 6) is 1.89. The highest BCUT2D eigenvalue weighted by Gasteiger charge is 2.25. The molecule has 1 saturated heterocycles. The van der Waals surface area contributed by atoms with Crippen LogP contribution in [0, 0.1) is 6.92 Å². The van der Waals surface area contributed by atoms with Gasteiger partial charge in [-0.3, -0.25) is 0 Å². The molecular formula is C9H13NO2S2. The Bertz CT molecular complexity index is 297. The Morgan fingerprint density at radius 2 is 2.57 bits per heavy atom. The molecule has 3 nitrogen and oxygen atoms in total. The Morgan fingerprint density at radius 3 is 3.14 bits per heavy atom. The van der Waals surface area contributed by atoms with Gasteiger partial charge in [-0.15, -0.1) is 11.3 Å². The minimum atomic E-state index is -0.562. The zero-order valence-electron chi connectivity index (χ0n) is 7.97. The summed E-state index contributed by atoms with van der Waals surface area (Å²) in [6.07, 6.45) is -0.650. The Morgan fingerprint density at radius 1 is 1.71 bits per heavy atom. The quantitative estimate of drug-likeness (QED) is 0.840. The fourth-order valence-electron chi connectivity index (χ4n) is 1.39. The molecule has 0 amide bonds. The molecule has 1 aromatic heterocycles. The predicted molar refractivity (Wildman–Crippen MR) is 58.9 cm³/mol. The number of thioether (sulfide) groups is 1. The molecular weight excluding hydrogens is 218 g/mol. The highest BCUT2D eigenvalue weighted by atomic mass is 32.2. The number of aliphatic hydroxyl groups excluding tert-OH is 1. The van der Waals surface area contributed by atoms with Crippen LogP contribution >= 0.6 is 23.1 Å². The van der Waals surface area contributed by atoms with E-state index in [4.69, 9.17) is 4.74 Å². The van der Waals surface area contributed by atoms with Gasteiger partial charge in [-0.25, -0.2) is 4.98 Å². The first-order chi connectivity index (χ1) is 6.77. The molecule has 5 heteroatoms. The van der Waals surface area contributed by atoms with Crippen molar-refractivity contribution in [2.45, 2.75) is 19.1 Å². The molecule has 2 unspecified atom stereocenters. The number of thiazole rings is 1. The van der Waals surface area contributed by atoms with E-state index in [0.717, 1.165) is 28.8 Å². The van der Waals surface area contributed by atoms with E-state index in [1.54, 1.807) is 11.3 Å². The van der Waals surface area contributed by atoms with Crippen LogP contribution in [0.5, 0.6) is 0 Å². The Balaban J connectivity index is 2.03. The van der Waals surface area contributed by atoms with Gasteiger partial charge in [0, 0.05) is 16.9 Å². The van der Waals surface area contributed by atoms with Crippen molar-refractivity contribution in [1.29, 1.82) is 0 Å². The van der Waals surface area contributed by atoms with E-state index in [-0.39, 0.29) is 6.10 Å². The largest absolute Gasteiger partial charge is 0.384 e. The average Bonchev–Trinajstić information content (AvgIpc) is 2.65. The number of hydrogen-bond acceptors (Lipinski definition) is 5. The first-order valence-electron chi connectivity index (χ1n) is 4.57. The molecule has 2 rings (SSSR count). The second kappa shape index (κ2) is 4.61. The van der Waals surface area contributed by atoms with Crippen molar-refractivity contribution in [2.24, 2.45) is 0 Å². The minimum absolute atomic E-state index is 0.0877. The molecule has 0 bridgehead atoms. The van der Waals surface area contributed by atoms with E-state index >= 15 is 0 Å². The molecule has 2 heterocycles. The van der Waals surface area contributed by atoms with E-state index < -0.39 is 6.10 Å². The van der Waals surface area contributed by atoms with Gasteiger partial charge in [0.15, 0.2) is 0 Å². The van der Waals surface area contributed by atoms with Gasteiger partial charge in [0.05, 0.1) is 23.4 Å². The SMILES string of the molecule is Cc1nc(C(O)C2CSCCO2)cs1. The number of aryl methyl sites for hydroxylation is 1. The van der Waals surface area contributed by atoms with Gasteiger partial charge >= 0.3 is 0 Å². The van der Waals surface area contributed by atoms with Crippen LogP contribution in [0.2, 0.25) is 0 Å². The number of ether oxygens (including phenoxy) is 1. The van der Waals surface area contributed by atoms with Gasteiger partial charge in [0.25, 0.3) is 0 Å². The van der Waals surface area contributed by atoms with Crippen molar-refractivity contribution in [3.63, 3.8) is 0 Å². The summed E-state index contributed by atoms with van der Waals surface area (Å²) in [6.45, 7) is 2.67. The van der Waals surface area contributed by atoms with Gasteiger partial charge in [-0.05, 0) is 6.92 Å². The zero-order valence-corrected chi connectivity index (χ0v) is 9.61. The van der Waals surface area contributed by atoms with Crippen molar-refractivity contribution < 1.29 is 9.84 Å². The molecule has 1 aromatic rings. The van der Waals surface area contributed by atoms with E-state index in [2.05, 4.69) is 4.98 Å². The summed E-state index contributed by atoms with van der Waals surface area (Å²) in [5.41, 5.74) is 0.750. The van der Waals surface area contributed by atoms with Crippen LogP contribution < -0.4 is 0 Å². The molecule has 2 atom stereocenters. The number of aromatic nitrogens is 1. The molecule has 1 aliphatic rings. The summed E-state index contributed by atoms with van der Waals surface area (Å²) in [4.78, 5) is 4.27. The van der Waals surface area contributed by atoms with Gasteiger partial charge in [-0.1, -0.05) is 0 Å². The maximum Gasteiger partial charge on any atom is 0.124 e. The lowest BCUT2D eigenvalue weighted by molar-refractivity contribution is -0.0243. The molecule has 0 aliphatic carbocycles. The van der Waals surface area contributed by atoms with E-state index in [0.29, 0.717) is 0 Å². The van der Waals surface area contributed by atoms with Crippen LogP contribution in [0.25, 0.3) is 0 Å². The van der Waals surface area contributed by atoms with Crippen molar-refractivity contribution in [1.82, 2.24) is 4.98 Å². The third-order valence-electron chi connectivity index (χ3n) is 2.13. The monoisotopic (exact) mass is 231 g/mol. The van der Waals surface area contributed by atoms with Crippen molar-refractivity contribution in [3.05, 3.63) is 16.1 Å². The second-order valence-corrected chi connectivity index (χ2v) is 5.43. The average molecular weight is 231 g/mol. The van der Waals surface area contributed by atoms with Gasteiger partial charge in [-0.2, -0.15) is 11.8 Å². The van der Waals surface area contributed by atoms with Crippen LogP contribution in [-0.4, -0.2) is 34.3 Å². The molecule has 78 valence electrons. The minimum Gasteiger partial charge on any atom is -0.384 e. The Hall–Kier alpha value is -0.100. The lowest BCUT2D eigenvalue weighted by Crippen LogP contribution is -2.29. The third-order valence-corrected chi connectivity index (χ3v) is 3.94. The number of aliphatic hydroxyl groups is 1. The Labute approximate surface area is 91.5 Å². The van der Waals surface area contributed by atoms with Crippen molar-refractivity contribution in [3.8, 4) is 0 Å². The number of nitrogens with zero attached hydrogens (tertiary/aromatic N) is 1. The third kappa shape index (κ3) is 2.28. The summed E-state index contributed by atoms with van der Waals surface area (Å²) < 4.78 is 5.50. The van der Waals surface area contributed by atoms with Gasteiger partial charge in [0.1, 0.15) is 6.10 Å². The summed E-state index contributed by atoms with van der Waals surface area (Å²) in [5, 5.41) is 12.9. The first-order valence-corrected chi connectivity index (χ1v) is 6.60. The van der Waals surface area contributed by atoms with Gasteiger partial charge in [0.2, 0.25) is 0 Å². The summed E-state index contributed by atoms with van der Waals surface area (Å²) in [6, 6.07) is 0. The molecule has 0 spiro atoms.